The van der Waals surface area contributed by atoms with Crippen LogP contribution in [0.2, 0.25) is 0 Å². The fourth-order valence-electron chi connectivity index (χ4n) is 2.33. The number of pyridine rings is 1. The van der Waals surface area contributed by atoms with Gasteiger partial charge in [-0.3, -0.25) is 15.0 Å². The summed E-state index contributed by atoms with van der Waals surface area (Å²) in [5, 5.41) is 8.81. The van der Waals surface area contributed by atoms with Crippen molar-refractivity contribution in [1.82, 2.24) is 10.5 Å². The maximum Gasteiger partial charge on any atom is 0.264 e. The first-order chi connectivity index (χ1) is 11.3. The molecular formula is C17H20N2O4S. The third kappa shape index (κ3) is 3.80. The van der Waals surface area contributed by atoms with Crippen molar-refractivity contribution < 1.29 is 18.4 Å². The molecule has 0 spiro atoms. The van der Waals surface area contributed by atoms with Gasteiger partial charge in [0.15, 0.2) is 9.84 Å². The van der Waals surface area contributed by atoms with Crippen molar-refractivity contribution in [3.8, 4) is 11.1 Å². The van der Waals surface area contributed by atoms with Gasteiger partial charge in [0.1, 0.15) is 4.75 Å². The lowest BCUT2D eigenvalue weighted by atomic mass is 10.0. The Morgan fingerprint density at radius 3 is 2.33 bits per heavy atom. The highest BCUT2D eigenvalue weighted by Gasteiger charge is 2.43. The smallest absolute Gasteiger partial charge is 0.264 e. The summed E-state index contributed by atoms with van der Waals surface area (Å²) in [7, 11) is -3.70. The van der Waals surface area contributed by atoms with Crippen molar-refractivity contribution in [2.75, 3.05) is 6.26 Å². The first-order valence-corrected chi connectivity index (χ1v) is 9.31. The number of sulfone groups is 1. The molecular weight excluding hydrogens is 328 g/mol. The molecule has 2 aromatic rings. The van der Waals surface area contributed by atoms with Crippen LogP contribution in [-0.4, -0.2) is 35.5 Å². The molecule has 0 unspecified atom stereocenters. The predicted octanol–water partition coefficient (Wildman–Crippen LogP) is 1.99. The van der Waals surface area contributed by atoms with E-state index in [1.165, 1.54) is 12.4 Å². The molecule has 0 aliphatic heterocycles. The Morgan fingerprint density at radius 1 is 1.17 bits per heavy atom. The predicted molar refractivity (Wildman–Crippen MR) is 91.2 cm³/mol. The molecule has 0 radical (unpaired) electrons. The van der Waals surface area contributed by atoms with E-state index < -0.39 is 20.5 Å². The van der Waals surface area contributed by atoms with Crippen LogP contribution in [0.3, 0.4) is 0 Å². The van der Waals surface area contributed by atoms with E-state index in [2.05, 4.69) is 4.98 Å². The molecule has 1 aromatic heterocycles. The zero-order valence-corrected chi connectivity index (χ0v) is 14.4. The van der Waals surface area contributed by atoms with E-state index in [4.69, 9.17) is 5.21 Å². The van der Waals surface area contributed by atoms with Gasteiger partial charge in [-0.05, 0) is 31.4 Å². The molecule has 7 heteroatoms. The van der Waals surface area contributed by atoms with Crippen LogP contribution in [0.5, 0.6) is 0 Å². The Hall–Kier alpha value is -2.25. The fourth-order valence-corrected chi connectivity index (χ4v) is 3.18. The molecule has 0 bridgehead atoms. The minimum atomic E-state index is -3.70. The fraction of sp³-hybridized carbons (Fsp3) is 0.294. The summed E-state index contributed by atoms with van der Waals surface area (Å²) in [5.41, 5.74) is 4.11. The summed E-state index contributed by atoms with van der Waals surface area (Å²) >= 11 is 0. The molecule has 24 heavy (non-hydrogen) atoms. The molecule has 0 saturated heterocycles. The first-order valence-electron chi connectivity index (χ1n) is 7.42. The summed E-state index contributed by atoms with van der Waals surface area (Å²) in [5.74, 6) is -0.939. The quantitative estimate of drug-likeness (QED) is 0.615. The van der Waals surface area contributed by atoms with Crippen LogP contribution in [0.1, 0.15) is 19.0 Å². The van der Waals surface area contributed by atoms with Gasteiger partial charge in [0.2, 0.25) is 0 Å². The first kappa shape index (κ1) is 18.1. The van der Waals surface area contributed by atoms with E-state index in [1.807, 2.05) is 42.5 Å². The number of hydrogen-bond donors (Lipinski definition) is 2. The van der Waals surface area contributed by atoms with Gasteiger partial charge in [0.25, 0.3) is 5.91 Å². The number of aromatic nitrogens is 1. The zero-order valence-electron chi connectivity index (χ0n) is 13.6. The Balaban J connectivity index is 2.15. The highest BCUT2D eigenvalue weighted by atomic mass is 32.2. The van der Waals surface area contributed by atoms with Crippen LogP contribution < -0.4 is 5.48 Å². The molecule has 1 amide bonds. The number of carbonyl (C=O) groups excluding carboxylic acids is 1. The highest BCUT2D eigenvalue weighted by Crippen LogP contribution is 2.24. The summed E-state index contributed by atoms with van der Waals surface area (Å²) in [6, 6.07) is 13.5. The van der Waals surface area contributed by atoms with Gasteiger partial charge in [0, 0.05) is 23.7 Å². The van der Waals surface area contributed by atoms with Crippen LogP contribution >= 0.6 is 0 Å². The third-order valence-corrected chi connectivity index (χ3v) is 6.22. The standard InChI is InChI=1S/C17H20N2O4S/c1-17(16(20)19-21,24(2,22)23)11-10-15-9-8-14(12-18-15)13-6-4-3-5-7-13/h3-9,12,21H,10-11H2,1-2H3,(H,19,20)/t17-/m1/s1. The average Bonchev–Trinajstić information content (AvgIpc) is 2.59. The lowest BCUT2D eigenvalue weighted by molar-refractivity contribution is -0.131. The number of aryl methyl sites for hydroxylation is 1. The van der Waals surface area contributed by atoms with Gasteiger partial charge in [-0.25, -0.2) is 13.9 Å². The second-order valence-corrected chi connectivity index (χ2v) is 8.29. The van der Waals surface area contributed by atoms with Crippen LogP contribution in [0.4, 0.5) is 0 Å². The maximum absolute atomic E-state index is 11.9. The van der Waals surface area contributed by atoms with Gasteiger partial charge in [-0.2, -0.15) is 0 Å². The number of hydrogen-bond acceptors (Lipinski definition) is 5. The SMILES string of the molecule is C[C@@](CCc1ccc(-c2ccccc2)cn1)(C(=O)NO)S(C)(=O)=O. The number of benzene rings is 1. The Bertz CT molecular complexity index is 804. The average molecular weight is 348 g/mol. The summed E-state index contributed by atoms with van der Waals surface area (Å²) < 4.78 is 22.1. The molecule has 0 aliphatic carbocycles. The molecule has 1 atom stereocenters. The number of nitrogens with one attached hydrogen (secondary N) is 1. The molecule has 0 fully saturated rings. The van der Waals surface area contributed by atoms with E-state index in [1.54, 1.807) is 6.20 Å². The lowest BCUT2D eigenvalue weighted by Crippen LogP contribution is -2.49. The number of carbonyl (C=O) groups is 1. The van der Waals surface area contributed by atoms with Crippen molar-refractivity contribution in [3.05, 3.63) is 54.4 Å². The zero-order chi connectivity index (χ0) is 17.8. The van der Waals surface area contributed by atoms with Crippen molar-refractivity contribution in [1.29, 1.82) is 0 Å². The second-order valence-electron chi connectivity index (χ2n) is 5.85. The van der Waals surface area contributed by atoms with E-state index in [0.717, 1.165) is 17.4 Å². The summed E-state index contributed by atoms with van der Waals surface area (Å²) in [4.78, 5) is 16.1. The summed E-state index contributed by atoms with van der Waals surface area (Å²) in [6.45, 7) is 1.30. The Morgan fingerprint density at radius 2 is 1.83 bits per heavy atom. The number of nitrogens with zero attached hydrogens (tertiary/aromatic N) is 1. The molecule has 0 saturated carbocycles. The molecule has 2 rings (SSSR count). The van der Waals surface area contributed by atoms with Gasteiger partial charge >= 0.3 is 0 Å². The Labute approximate surface area is 141 Å². The highest BCUT2D eigenvalue weighted by molar-refractivity contribution is 7.92. The maximum atomic E-state index is 11.9. The van der Waals surface area contributed by atoms with Gasteiger partial charge in [-0.1, -0.05) is 36.4 Å². The largest absolute Gasteiger partial charge is 0.289 e. The normalized spacial score (nSPS) is 14.0. The van der Waals surface area contributed by atoms with Crippen molar-refractivity contribution in [3.63, 3.8) is 0 Å². The van der Waals surface area contributed by atoms with Crippen molar-refractivity contribution in [2.24, 2.45) is 0 Å². The van der Waals surface area contributed by atoms with E-state index in [-0.39, 0.29) is 6.42 Å². The number of rotatable bonds is 6. The second kappa shape index (κ2) is 7.11. The molecule has 128 valence electrons. The van der Waals surface area contributed by atoms with Crippen LogP contribution in [0.25, 0.3) is 11.1 Å². The molecule has 0 aliphatic rings. The lowest BCUT2D eigenvalue weighted by Gasteiger charge is -2.24. The monoisotopic (exact) mass is 348 g/mol. The van der Waals surface area contributed by atoms with Crippen molar-refractivity contribution >= 4 is 15.7 Å². The Kier molecular flexibility index (Phi) is 5.36. The van der Waals surface area contributed by atoms with Crippen molar-refractivity contribution in [2.45, 2.75) is 24.5 Å². The van der Waals surface area contributed by atoms with E-state index in [9.17, 15) is 13.2 Å². The van der Waals surface area contributed by atoms with E-state index in [0.29, 0.717) is 12.1 Å². The minimum Gasteiger partial charge on any atom is -0.289 e. The molecule has 1 heterocycles. The molecule has 6 nitrogen and oxygen atoms in total. The minimum absolute atomic E-state index is 0.0237. The van der Waals surface area contributed by atoms with Crippen LogP contribution in [0, 0.1) is 0 Å². The molecule has 1 aromatic carbocycles. The van der Waals surface area contributed by atoms with Gasteiger partial charge < -0.3 is 0 Å². The van der Waals surface area contributed by atoms with Gasteiger partial charge in [0.05, 0.1) is 0 Å². The summed E-state index contributed by atoms with van der Waals surface area (Å²) in [6.07, 6.45) is 3.02. The topological polar surface area (TPSA) is 96.4 Å². The van der Waals surface area contributed by atoms with Crippen LogP contribution in [-0.2, 0) is 21.1 Å². The number of amides is 1. The molecule has 2 N–H and O–H groups in total. The van der Waals surface area contributed by atoms with E-state index >= 15 is 0 Å². The third-order valence-electron chi connectivity index (χ3n) is 4.19. The van der Waals surface area contributed by atoms with Crippen LogP contribution in [0.15, 0.2) is 48.7 Å². The number of hydroxylamine groups is 1. The van der Waals surface area contributed by atoms with Gasteiger partial charge in [-0.15, -0.1) is 0 Å².